The molecule has 3 rings (SSSR count). The number of amides is 1. The van der Waals surface area contributed by atoms with Gasteiger partial charge in [-0.05, 0) is 23.8 Å². The Bertz CT molecular complexity index is 805. The predicted octanol–water partition coefficient (Wildman–Crippen LogP) is 0.635. The highest BCUT2D eigenvalue weighted by Gasteiger charge is 2.35. The number of hydrogen-bond donors (Lipinski definition) is 2. The summed E-state index contributed by atoms with van der Waals surface area (Å²) in [5, 5.41) is 9.90. The number of phenols is 1. The van der Waals surface area contributed by atoms with Gasteiger partial charge < -0.3 is 5.11 Å². The summed E-state index contributed by atoms with van der Waals surface area (Å²) in [6, 6.07) is 8.10. The molecular formula is C13H11N3O4S. The zero-order chi connectivity index (χ0) is 15.0. The van der Waals surface area contributed by atoms with Crippen molar-refractivity contribution in [3.63, 3.8) is 0 Å². The molecule has 1 fully saturated rings. The van der Waals surface area contributed by atoms with Crippen LogP contribution >= 0.6 is 0 Å². The summed E-state index contributed by atoms with van der Waals surface area (Å²) in [5.41, 5.74) is 1.51. The molecule has 21 heavy (non-hydrogen) atoms. The van der Waals surface area contributed by atoms with Gasteiger partial charge in [-0.2, -0.15) is 8.42 Å². The summed E-state index contributed by atoms with van der Waals surface area (Å²) in [7, 11) is -3.95. The fourth-order valence-electron chi connectivity index (χ4n) is 2.10. The Morgan fingerprint density at radius 1 is 1.24 bits per heavy atom. The Balaban J connectivity index is 2.10. The van der Waals surface area contributed by atoms with Crippen LogP contribution in [0.25, 0.3) is 11.1 Å². The van der Waals surface area contributed by atoms with Gasteiger partial charge in [-0.1, -0.05) is 12.1 Å². The van der Waals surface area contributed by atoms with Crippen LogP contribution in [-0.2, 0) is 15.0 Å². The molecule has 0 spiro atoms. The van der Waals surface area contributed by atoms with Crippen molar-refractivity contribution in [3.05, 3.63) is 42.7 Å². The molecule has 1 aromatic carbocycles. The number of benzene rings is 1. The molecule has 1 aromatic heterocycles. The number of hydrogen-bond acceptors (Lipinski definition) is 5. The van der Waals surface area contributed by atoms with Crippen molar-refractivity contribution in [2.45, 2.75) is 0 Å². The van der Waals surface area contributed by atoms with Gasteiger partial charge in [0.25, 0.3) is 5.91 Å². The van der Waals surface area contributed by atoms with E-state index in [-0.39, 0.29) is 18.0 Å². The van der Waals surface area contributed by atoms with E-state index in [1.165, 1.54) is 12.1 Å². The monoisotopic (exact) mass is 305 g/mol. The molecule has 7 nitrogen and oxygen atoms in total. The van der Waals surface area contributed by atoms with Crippen LogP contribution in [0.5, 0.6) is 5.75 Å². The van der Waals surface area contributed by atoms with Gasteiger partial charge in [0.1, 0.15) is 12.3 Å². The lowest BCUT2D eigenvalue weighted by Gasteiger charge is -2.17. The number of pyridine rings is 1. The van der Waals surface area contributed by atoms with Gasteiger partial charge in [0.2, 0.25) is 0 Å². The van der Waals surface area contributed by atoms with E-state index in [2.05, 4.69) is 4.98 Å². The maximum absolute atomic E-state index is 11.8. The number of phenolic OH excluding ortho intramolecular Hbond substituents is 1. The van der Waals surface area contributed by atoms with Crippen LogP contribution in [0.2, 0.25) is 0 Å². The first-order chi connectivity index (χ1) is 9.97. The predicted molar refractivity (Wildman–Crippen MR) is 75.7 cm³/mol. The smallest absolute Gasteiger partial charge is 0.326 e. The molecule has 0 saturated carbocycles. The zero-order valence-electron chi connectivity index (χ0n) is 10.7. The van der Waals surface area contributed by atoms with E-state index >= 15 is 0 Å². The molecule has 108 valence electrons. The maximum Gasteiger partial charge on any atom is 0.326 e. The van der Waals surface area contributed by atoms with Gasteiger partial charge in [-0.3, -0.25) is 9.78 Å². The summed E-state index contributed by atoms with van der Waals surface area (Å²) in [4.78, 5) is 15.3. The molecule has 8 heteroatoms. The highest BCUT2D eigenvalue weighted by molar-refractivity contribution is 7.92. The van der Waals surface area contributed by atoms with Gasteiger partial charge in [0, 0.05) is 18.0 Å². The molecule has 0 atom stereocenters. The topological polar surface area (TPSA) is 99.6 Å². The minimum atomic E-state index is -3.95. The van der Waals surface area contributed by atoms with Crippen LogP contribution in [0.4, 0.5) is 5.69 Å². The third-order valence-electron chi connectivity index (χ3n) is 3.06. The maximum atomic E-state index is 11.8. The van der Waals surface area contributed by atoms with Crippen molar-refractivity contribution in [1.82, 2.24) is 9.71 Å². The number of nitrogens with zero attached hydrogens (tertiary/aromatic N) is 2. The number of anilines is 1. The van der Waals surface area contributed by atoms with E-state index in [1.807, 2.05) is 10.8 Å². The first-order valence-corrected chi connectivity index (χ1v) is 7.48. The Morgan fingerprint density at radius 3 is 2.67 bits per heavy atom. The van der Waals surface area contributed by atoms with E-state index in [4.69, 9.17) is 0 Å². The molecule has 1 aliphatic heterocycles. The lowest BCUT2D eigenvalue weighted by atomic mass is 10.1. The van der Waals surface area contributed by atoms with Gasteiger partial charge in [-0.15, -0.1) is 0 Å². The number of carbonyl (C=O) groups is 1. The quantitative estimate of drug-likeness (QED) is 0.848. The van der Waals surface area contributed by atoms with Crippen molar-refractivity contribution in [1.29, 1.82) is 0 Å². The molecule has 1 aliphatic rings. The van der Waals surface area contributed by atoms with Gasteiger partial charge in [0.15, 0.2) is 0 Å². The van der Waals surface area contributed by atoms with Crippen LogP contribution in [0, 0.1) is 0 Å². The number of rotatable bonds is 2. The van der Waals surface area contributed by atoms with Crippen LogP contribution in [-0.4, -0.2) is 31.0 Å². The Hall–Kier alpha value is -2.61. The molecule has 1 amide bonds. The molecule has 2 aromatic rings. The average molecular weight is 305 g/mol. The lowest BCUT2D eigenvalue weighted by molar-refractivity contribution is -0.117. The Morgan fingerprint density at radius 2 is 2.05 bits per heavy atom. The number of carbonyl (C=O) groups excluding carboxylic acids is 1. The fourth-order valence-corrected chi connectivity index (χ4v) is 3.25. The summed E-state index contributed by atoms with van der Waals surface area (Å²) in [6.45, 7) is -0.355. The SMILES string of the molecule is O=C1CN(c2cc(-c3cccnc3)ccc2O)S(=O)(=O)N1. The molecule has 1 saturated heterocycles. The lowest BCUT2D eigenvalue weighted by Crippen LogP contribution is -2.29. The minimum absolute atomic E-state index is 0.0507. The molecular weight excluding hydrogens is 294 g/mol. The van der Waals surface area contributed by atoms with Gasteiger partial charge in [0.05, 0.1) is 5.69 Å². The number of aromatic nitrogens is 1. The average Bonchev–Trinajstić information content (AvgIpc) is 2.73. The van der Waals surface area contributed by atoms with Crippen molar-refractivity contribution in [3.8, 4) is 16.9 Å². The minimum Gasteiger partial charge on any atom is -0.506 e. The Kier molecular flexibility index (Phi) is 3.02. The summed E-state index contributed by atoms with van der Waals surface area (Å²) >= 11 is 0. The molecule has 2 N–H and O–H groups in total. The second-order valence-corrected chi connectivity index (χ2v) is 6.08. The Labute approximate surface area is 121 Å². The number of nitrogens with one attached hydrogen (secondary N) is 1. The van der Waals surface area contributed by atoms with Gasteiger partial charge >= 0.3 is 10.2 Å². The zero-order valence-corrected chi connectivity index (χ0v) is 11.5. The van der Waals surface area contributed by atoms with E-state index in [9.17, 15) is 18.3 Å². The first kappa shape index (κ1) is 13.4. The largest absolute Gasteiger partial charge is 0.506 e. The molecule has 0 aliphatic carbocycles. The van der Waals surface area contributed by atoms with Crippen LogP contribution in [0.3, 0.4) is 0 Å². The van der Waals surface area contributed by atoms with Crippen LogP contribution < -0.4 is 9.03 Å². The molecule has 0 radical (unpaired) electrons. The molecule has 0 bridgehead atoms. The van der Waals surface area contributed by atoms with Crippen molar-refractivity contribution in [2.24, 2.45) is 0 Å². The highest BCUT2D eigenvalue weighted by Crippen LogP contribution is 2.34. The van der Waals surface area contributed by atoms with Crippen molar-refractivity contribution in [2.75, 3.05) is 10.8 Å². The van der Waals surface area contributed by atoms with E-state index in [0.717, 1.165) is 9.87 Å². The van der Waals surface area contributed by atoms with Crippen LogP contribution in [0.1, 0.15) is 0 Å². The fraction of sp³-hybridized carbons (Fsp3) is 0.0769. The summed E-state index contributed by atoms with van der Waals surface area (Å²) in [5.74, 6) is -0.858. The second-order valence-electron chi connectivity index (χ2n) is 4.48. The van der Waals surface area contributed by atoms with E-state index in [1.54, 1.807) is 24.5 Å². The number of aromatic hydroxyl groups is 1. The normalized spacial score (nSPS) is 16.8. The van der Waals surface area contributed by atoms with Crippen molar-refractivity contribution < 1.29 is 18.3 Å². The second kappa shape index (κ2) is 4.74. The third-order valence-corrected chi connectivity index (χ3v) is 4.45. The standard InChI is InChI=1S/C13H11N3O4S/c17-12-4-3-9(10-2-1-5-14-7-10)6-11(12)16-8-13(18)15-21(16,19)20/h1-7,17H,8H2,(H,15,18). The van der Waals surface area contributed by atoms with E-state index in [0.29, 0.717) is 5.56 Å². The summed E-state index contributed by atoms with van der Waals surface area (Å²) in [6.07, 6.45) is 3.25. The van der Waals surface area contributed by atoms with E-state index < -0.39 is 16.1 Å². The van der Waals surface area contributed by atoms with Crippen LogP contribution in [0.15, 0.2) is 42.7 Å². The molecule has 0 unspecified atom stereocenters. The van der Waals surface area contributed by atoms with Gasteiger partial charge in [-0.25, -0.2) is 9.03 Å². The summed E-state index contributed by atoms with van der Waals surface area (Å²) < 4.78 is 26.4. The first-order valence-electron chi connectivity index (χ1n) is 6.04. The van der Waals surface area contributed by atoms with Crippen molar-refractivity contribution >= 4 is 21.8 Å². The third kappa shape index (κ3) is 2.40. The highest BCUT2D eigenvalue weighted by atomic mass is 32.2. The molecule has 2 heterocycles.